The highest BCUT2D eigenvalue weighted by atomic mass is 32.1. The molecule has 11 heavy (non-hydrogen) atoms. The highest BCUT2D eigenvalue weighted by Gasteiger charge is 2.01. The number of carbonyl (C=O) groups excluding carboxylic acids is 1. The van der Waals surface area contributed by atoms with E-state index in [1.54, 1.807) is 11.3 Å². The summed E-state index contributed by atoms with van der Waals surface area (Å²) in [6.45, 7) is 2.05. The van der Waals surface area contributed by atoms with E-state index in [0.29, 0.717) is 5.69 Å². The maximum Gasteiger partial charge on any atom is 0.166 e. The van der Waals surface area contributed by atoms with Crippen LogP contribution in [0.2, 0.25) is 0 Å². The fraction of sp³-hybridized carbons (Fsp3) is 0.125. The molecule has 2 rings (SSSR count). The summed E-state index contributed by atoms with van der Waals surface area (Å²) in [4.78, 5) is 15.7. The molecule has 0 aliphatic carbocycles. The second-order valence-electron chi connectivity index (χ2n) is 2.48. The molecule has 2 aromatic heterocycles. The zero-order chi connectivity index (χ0) is 7.84. The monoisotopic (exact) mass is 165 g/mol. The molecule has 0 amide bonds. The van der Waals surface area contributed by atoms with Crippen molar-refractivity contribution in [3.63, 3.8) is 0 Å². The fourth-order valence-corrected chi connectivity index (χ4v) is 2.05. The number of H-pyrrole nitrogens is 1. The SMILES string of the molecule is Cc1cc2cc(C=O)[nH]c2s1. The van der Waals surface area contributed by atoms with Crippen LogP contribution in [-0.4, -0.2) is 11.3 Å². The zero-order valence-corrected chi connectivity index (χ0v) is 6.87. The molecule has 0 fully saturated rings. The minimum absolute atomic E-state index is 0.659. The number of aryl methyl sites for hydroxylation is 1. The molecule has 0 spiro atoms. The summed E-state index contributed by atoms with van der Waals surface area (Å²) in [5.41, 5.74) is 0.659. The van der Waals surface area contributed by atoms with Crippen LogP contribution in [0.3, 0.4) is 0 Å². The molecule has 0 saturated carbocycles. The van der Waals surface area contributed by atoms with E-state index in [2.05, 4.69) is 18.0 Å². The van der Waals surface area contributed by atoms with Gasteiger partial charge in [-0.3, -0.25) is 4.79 Å². The van der Waals surface area contributed by atoms with Gasteiger partial charge in [-0.05, 0) is 19.1 Å². The van der Waals surface area contributed by atoms with Crippen LogP contribution in [0.5, 0.6) is 0 Å². The first kappa shape index (κ1) is 6.61. The van der Waals surface area contributed by atoms with Crippen molar-refractivity contribution in [2.45, 2.75) is 6.92 Å². The Morgan fingerprint density at radius 1 is 1.55 bits per heavy atom. The molecule has 0 bridgehead atoms. The van der Waals surface area contributed by atoms with Gasteiger partial charge in [0.1, 0.15) is 4.83 Å². The lowest BCUT2D eigenvalue weighted by Gasteiger charge is -1.77. The zero-order valence-electron chi connectivity index (χ0n) is 6.05. The molecule has 3 heteroatoms. The average Bonchev–Trinajstić information content (AvgIpc) is 2.43. The van der Waals surface area contributed by atoms with Crippen LogP contribution in [0.4, 0.5) is 0 Å². The summed E-state index contributed by atoms with van der Waals surface area (Å²) in [5, 5.41) is 1.13. The van der Waals surface area contributed by atoms with E-state index >= 15 is 0 Å². The Morgan fingerprint density at radius 3 is 3.00 bits per heavy atom. The topological polar surface area (TPSA) is 32.9 Å². The van der Waals surface area contributed by atoms with Gasteiger partial charge in [-0.1, -0.05) is 0 Å². The van der Waals surface area contributed by atoms with Crippen LogP contribution in [0.1, 0.15) is 15.4 Å². The third kappa shape index (κ3) is 0.973. The Kier molecular flexibility index (Phi) is 1.32. The second-order valence-corrected chi connectivity index (χ2v) is 3.74. The highest BCUT2D eigenvalue weighted by molar-refractivity contribution is 7.18. The van der Waals surface area contributed by atoms with Crippen molar-refractivity contribution in [2.75, 3.05) is 0 Å². The Balaban J connectivity index is 2.72. The van der Waals surface area contributed by atoms with Gasteiger partial charge in [0.05, 0.1) is 5.69 Å². The van der Waals surface area contributed by atoms with E-state index in [0.717, 1.165) is 16.5 Å². The first-order valence-corrected chi connectivity index (χ1v) is 4.15. The molecule has 0 saturated heterocycles. The van der Waals surface area contributed by atoms with Crippen molar-refractivity contribution in [2.24, 2.45) is 0 Å². The minimum atomic E-state index is 0.659. The van der Waals surface area contributed by atoms with E-state index in [1.165, 1.54) is 4.88 Å². The molecule has 0 aliphatic heterocycles. The third-order valence-electron chi connectivity index (χ3n) is 1.58. The van der Waals surface area contributed by atoms with Crippen LogP contribution >= 0.6 is 11.3 Å². The van der Waals surface area contributed by atoms with Crippen LogP contribution in [0, 0.1) is 6.92 Å². The Hall–Kier alpha value is -1.09. The van der Waals surface area contributed by atoms with Crippen LogP contribution < -0.4 is 0 Å². The smallest absolute Gasteiger partial charge is 0.166 e. The first-order valence-electron chi connectivity index (χ1n) is 3.34. The van der Waals surface area contributed by atoms with Crippen molar-refractivity contribution < 1.29 is 4.79 Å². The van der Waals surface area contributed by atoms with Crippen molar-refractivity contribution in [1.82, 2.24) is 4.98 Å². The third-order valence-corrected chi connectivity index (χ3v) is 2.56. The molecular weight excluding hydrogens is 158 g/mol. The van der Waals surface area contributed by atoms with E-state index < -0.39 is 0 Å². The number of aromatic nitrogens is 1. The number of hydrogen-bond acceptors (Lipinski definition) is 2. The molecule has 0 radical (unpaired) electrons. The normalized spacial score (nSPS) is 10.6. The lowest BCUT2D eigenvalue weighted by atomic mass is 10.3. The number of thiophene rings is 1. The summed E-state index contributed by atoms with van der Waals surface area (Å²) >= 11 is 1.67. The number of aldehydes is 1. The number of nitrogens with one attached hydrogen (secondary N) is 1. The van der Waals surface area contributed by atoms with Crippen molar-refractivity contribution in [1.29, 1.82) is 0 Å². The highest BCUT2D eigenvalue weighted by Crippen LogP contribution is 2.24. The number of carbonyl (C=O) groups is 1. The lowest BCUT2D eigenvalue weighted by molar-refractivity contribution is 0.112. The first-order chi connectivity index (χ1) is 5.29. The fourth-order valence-electron chi connectivity index (χ4n) is 1.14. The Bertz CT molecular complexity index is 368. The van der Waals surface area contributed by atoms with E-state index in [1.807, 2.05) is 6.07 Å². The van der Waals surface area contributed by atoms with Gasteiger partial charge in [-0.15, -0.1) is 11.3 Å². The molecule has 0 unspecified atom stereocenters. The molecule has 2 aromatic rings. The van der Waals surface area contributed by atoms with E-state index in [9.17, 15) is 4.79 Å². The maximum absolute atomic E-state index is 10.3. The van der Waals surface area contributed by atoms with Gasteiger partial charge in [0, 0.05) is 10.3 Å². The molecule has 0 aromatic carbocycles. The minimum Gasteiger partial charge on any atom is -0.344 e. The van der Waals surface area contributed by atoms with Gasteiger partial charge >= 0.3 is 0 Å². The molecule has 0 atom stereocenters. The molecule has 2 nitrogen and oxygen atoms in total. The summed E-state index contributed by atoms with van der Waals surface area (Å²) in [5.74, 6) is 0. The number of rotatable bonds is 1. The number of hydrogen-bond donors (Lipinski definition) is 1. The summed E-state index contributed by atoms with van der Waals surface area (Å²) in [6, 6.07) is 3.94. The van der Waals surface area contributed by atoms with E-state index in [-0.39, 0.29) is 0 Å². The summed E-state index contributed by atoms with van der Waals surface area (Å²) in [6.07, 6.45) is 0.835. The predicted octanol–water partition coefficient (Wildman–Crippen LogP) is 2.35. The molecular formula is C8H7NOS. The van der Waals surface area contributed by atoms with Crippen molar-refractivity contribution in [3.8, 4) is 0 Å². The molecule has 2 heterocycles. The van der Waals surface area contributed by atoms with Crippen molar-refractivity contribution >= 4 is 27.8 Å². The number of aromatic amines is 1. The largest absolute Gasteiger partial charge is 0.344 e. The molecule has 56 valence electrons. The molecule has 0 aliphatic rings. The second kappa shape index (κ2) is 2.20. The Morgan fingerprint density at radius 2 is 2.36 bits per heavy atom. The van der Waals surface area contributed by atoms with E-state index in [4.69, 9.17) is 0 Å². The van der Waals surface area contributed by atoms with Crippen LogP contribution in [-0.2, 0) is 0 Å². The van der Waals surface area contributed by atoms with Gasteiger partial charge in [0.15, 0.2) is 6.29 Å². The van der Waals surface area contributed by atoms with Gasteiger partial charge in [-0.25, -0.2) is 0 Å². The quantitative estimate of drug-likeness (QED) is 0.646. The van der Waals surface area contributed by atoms with Crippen LogP contribution in [0.25, 0.3) is 10.2 Å². The van der Waals surface area contributed by atoms with Gasteiger partial charge in [0.2, 0.25) is 0 Å². The molecule has 1 N–H and O–H groups in total. The van der Waals surface area contributed by atoms with Crippen LogP contribution in [0.15, 0.2) is 12.1 Å². The van der Waals surface area contributed by atoms with Gasteiger partial charge in [0.25, 0.3) is 0 Å². The van der Waals surface area contributed by atoms with Gasteiger partial charge < -0.3 is 4.98 Å². The predicted molar refractivity (Wildman–Crippen MR) is 46.3 cm³/mol. The average molecular weight is 165 g/mol. The van der Waals surface area contributed by atoms with Crippen molar-refractivity contribution in [3.05, 3.63) is 22.7 Å². The lowest BCUT2D eigenvalue weighted by Crippen LogP contribution is -1.73. The maximum atomic E-state index is 10.3. The van der Waals surface area contributed by atoms with Gasteiger partial charge in [-0.2, -0.15) is 0 Å². The Labute approximate surface area is 67.9 Å². The summed E-state index contributed by atoms with van der Waals surface area (Å²) < 4.78 is 0. The summed E-state index contributed by atoms with van der Waals surface area (Å²) in [7, 11) is 0. The standard InChI is InChI=1S/C8H7NOS/c1-5-2-6-3-7(4-10)9-8(6)11-5/h2-4,9H,1H3. The number of fused-ring (bicyclic) bond motifs is 1.